The van der Waals surface area contributed by atoms with Gasteiger partial charge in [0, 0.05) is 23.4 Å². The number of nitrogens with one attached hydrogen (secondary N) is 1. The van der Waals surface area contributed by atoms with Crippen LogP contribution in [0.4, 0.5) is 10.1 Å². The zero-order valence-electron chi connectivity index (χ0n) is 11.4. The molecule has 4 heteroatoms. The van der Waals surface area contributed by atoms with Crippen molar-refractivity contribution in [1.29, 1.82) is 0 Å². The SMILES string of the molecule is COc1ccccc1CNc1cc(F)cc(C(C)=O)c1. The van der Waals surface area contributed by atoms with Crippen LogP contribution in [0.25, 0.3) is 0 Å². The van der Waals surface area contributed by atoms with E-state index in [9.17, 15) is 9.18 Å². The summed E-state index contributed by atoms with van der Waals surface area (Å²) in [6.07, 6.45) is 0. The molecule has 1 N–H and O–H groups in total. The highest BCUT2D eigenvalue weighted by atomic mass is 19.1. The average Bonchev–Trinajstić information content (AvgIpc) is 2.44. The summed E-state index contributed by atoms with van der Waals surface area (Å²) in [5.41, 5.74) is 1.89. The molecule has 0 heterocycles. The largest absolute Gasteiger partial charge is 0.496 e. The van der Waals surface area contributed by atoms with Crippen molar-refractivity contribution in [3.05, 3.63) is 59.4 Å². The van der Waals surface area contributed by atoms with E-state index in [0.29, 0.717) is 17.8 Å². The van der Waals surface area contributed by atoms with E-state index < -0.39 is 5.82 Å². The van der Waals surface area contributed by atoms with E-state index in [0.717, 1.165) is 11.3 Å². The van der Waals surface area contributed by atoms with Gasteiger partial charge in [0.05, 0.1) is 7.11 Å². The minimum Gasteiger partial charge on any atom is -0.496 e. The van der Waals surface area contributed by atoms with Crippen molar-refractivity contribution in [2.75, 3.05) is 12.4 Å². The molecular weight excluding hydrogens is 257 g/mol. The molecule has 0 atom stereocenters. The van der Waals surface area contributed by atoms with E-state index in [2.05, 4.69) is 5.32 Å². The lowest BCUT2D eigenvalue weighted by Crippen LogP contribution is -2.03. The molecule has 104 valence electrons. The molecular formula is C16H16FNO2. The number of ether oxygens (including phenoxy) is 1. The normalized spacial score (nSPS) is 10.2. The highest BCUT2D eigenvalue weighted by Gasteiger charge is 2.06. The van der Waals surface area contributed by atoms with Gasteiger partial charge in [0.25, 0.3) is 0 Å². The Kier molecular flexibility index (Phi) is 4.35. The lowest BCUT2D eigenvalue weighted by atomic mass is 10.1. The third-order valence-corrected chi connectivity index (χ3v) is 2.98. The summed E-state index contributed by atoms with van der Waals surface area (Å²) < 4.78 is 18.7. The summed E-state index contributed by atoms with van der Waals surface area (Å²) in [5.74, 6) is 0.174. The quantitative estimate of drug-likeness (QED) is 0.845. The van der Waals surface area contributed by atoms with Gasteiger partial charge in [-0.25, -0.2) is 4.39 Å². The van der Waals surface area contributed by atoms with Crippen LogP contribution < -0.4 is 10.1 Å². The number of ketones is 1. The van der Waals surface area contributed by atoms with Crippen LogP contribution in [0.3, 0.4) is 0 Å². The Morgan fingerprint density at radius 3 is 2.70 bits per heavy atom. The molecule has 0 unspecified atom stereocenters. The first-order chi connectivity index (χ1) is 9.60. The summed E-state index contributed by atoms with van der Waals surface area (Å²) in [5, 5.41) is 3.10. The van der Waals surface area contributed by atoms with Crippen molar-refractivity contribution >= 4 is 11.5 Å². The first kappa shape index (κ1) is 14.1. The molecule has 0 aromatic heterocycles. The predicted octanol–water partition coefficient (Wildman–Crippen LogP) is 3.65. The van der Waals surface area contributed by atoms with E-state index in [-0.39, 0.29) is 5.78 Å². The first-order valence-corrected chi connectivity index (χ1v) is 6.27. The number of hydrogen-bond donors (Lipinski definition) is 1. The number of benzene rings is 2. The highest BCUT2D eigenvalue weighted by molar-refractivity contribution is 5.95. The van der Waals surface area contributed by atoms with Crippen molar-refractivity contribution in [2.45, 2.75) is 13.5 Å². The molecule has 3 nitrogen and oxygen atoms in total. The van der Waals surface area contributed by atoms with E-state index in [1.807, 2.05) is 24.3 Å². The zero-order chi connectivity index (χ0) is 14.5. The third kappa shape index (κ3) is 3.35. The summed E-state index contributed by atoms with van der Waals surface area (Å²) in [4.78, 5) is 11.3. The topological polar surface area (TPSA) is 38.3 Å². The molecule has 0 radical (unpaired) electrons. The Bertz CT molecular complexity index is 626. The molecule has 0 aliphatic rings. The molecule has 0 spiro atoms. The van der Waals surface area contributed by atoms with Gasteiger partial charge in [-0.1, -0.05) is 18.2 Å². The van der Waals surface area contributed by atoms with Gasteiger partial charge in [-0.2, -0.15) is 0 Å². The minimum absolute atomic E-state index is 0.162. The van der Waals surface area contributed by atoms with Crippen LogP contribution in [0.15, 0.2) is 42.5 Å². The summed E-state index contributed by atoms with van der Waals surface area (Å²) in [7, 11) is 1.61. The van der Waals surface area contributed by atoms with Crippen LogP contribution in [-0.4, -0.2) is 12.9 Å². The van der Waals surface area contributed by atoms with Crippen LogP contribution in [0.2, 0.25) is 0 Å². The van der Waals surface area contributed by atoms with Crippen LogP contribution in [-0.2, 0) is 6.54 Å². The van der Waals surface area contributed by atoms with Gasteiger partial charge in [0.2, 0.25) is 0 Å². The molecule has 0 saturated carbocycles. The number of Topliss-reactive ketones (excluding diaryl/α,β-unsaturated/α-hetero) is 1. The number of carbonyl (C=O) groups is 1. The van der Waals surface area contributed by atoms with Crippen LogP contribution >= 0.6 is 0 Å². The fourth-order valence-electron chi connectivity index (χ4n) is 1.94. The fourth-order valence-corrected chi connectivity index (χ4v) is 1.94. The average molecular weight is 273 g/mol. The van der Waals surface area contributed by atoms with E-state index in [1.165, 1.54) is 19.1 Å². The van der Waals surface area contributed by atoms with Gasteiger partial charge < -0.3 is 10.1 Å². The van der Waals surface area contributed by atoms with Gasteiger partial charge in [-0.05, 0) is 31.2 Å². The van der Waals surface area contributed by atoms with E-state index in [1.54, 1.807) is 13.2 Å². The lowest BCUT2D eigenvalue weighted by molar-refractivity contribution is 0.101. The van der Waals surface area contributed by atoms with Gasteiger partial charge in [0.15, 0.2) is 5.78 Å². The smallest absolute Gasteiger partial charge is 0.159 e. The standard InChI is InChI=1S/C16H16FNO2/c1-11(19)13-7-14(17)9-15(8-13)18-10-12-5-3-4-6-16(12)20-2/h3-9,18H,10H2,1-2H3. The minimum atomic E-state index is -0.430. The summed E-state index contributed by atoms with van der Waals surface area (Å²) in [6.45, 7) is 1.91. The molecule has 0 fully saturated rings. The Hall–Kier alpha value is -2.36. The molecule has 0 bridgehead atoms. The molecule has 20 heavy (non-hydrogen) atoms. The number of para-hydroxylation sites is 1. The predicted molar refractivity (Wildman–Crippen MR) is 76.7 cm³/mol. The maximum Gasteiger partial charge on any atom is 0.159 e. The van der Waals surface area contributed by atoms with E-state index in [4.69, 9.17) is 4.74 Å². The van der Waals surface area contributed by atoms with Crippen molar-refractivity contribution in [2.24, 2.45) is 0 Å². The Balaban J connectivity index is 2.16. The van der Waals surface area contributed by atoms with Crippen molar-refractivity contribution < 1.29 is 13.9 Å². The lowest BCUT2D eigenvalue weighted by Gasteiger charge is -2.11. The summed E-state index contributed by atoms with van der Waals surface area (Å²) in [6, 6.07) is 11.8. The molecule has 0 aliphatic heterocycles. The van der Waals surface area contributed by atoms with Crippen LogP contribution in [0, 0.1) is 5.82 Å². The second-order valence-electron chi connectivity index (χ2n) is 4.45. The molecule has 0 aliphatic carbocycles. The number of carbonyl (C=O) groups excluding carboxylic acids is 1. The number of halogens is 1. The molecule has 2 aromatic rings. The number of methoxy groups -OCH3 is 1. The molecule has 0 amide bonds. The second kappa shape index (κ2) is 6.19. The fraction of sp³-hybridized carbons (Fsp3) is 0.188. The van der Waals surface area contributed by atoms with Crippen LogP contribution in [0.5, 0.6) is 5.75 Å². The monoisotopic (exact) mass is 273 g/mol. The molecule has 0 saturated heterocycles. The maximum absolute atomic E-state index is 13.4. The van der Waals surface area contributed by atoms with Crippen molar-refractivity contribution in [3.63, 3.8) is 0 Å². The Morgan fingerprint density at radius 2 is 2.00 bits per heavy atom. The Labute approximate surface area is 117 Å². The maximum atomic E-state index is 13.4. The molecule has 2 aromatic carbocycles. The number of rotatable bonds is 5. The van der Waals surface area contributed by atoms with E-state index >= 15 is 0 Å². The van der Waals surface area contributed by atoms with Crippen molar-refractivity contribution in [1.82, 2.24) is 0 Å². The van der Waals surface area contributed by atoms with Gasteiger partial charge in [-0.15, -0.1) is 0 Å². The first-order valence-electron chi connectivity index (χ1n) is 6.27. The number of anilines is 1. The third-order valence-electron chi connectivity index (χ3n) is 2.98. The van der Waals surface area contributed by atoms with Crippen LogP contribution in [0.1, 0.15) is 22.8 Å². The Morgan fingerprint density at radius 1 is 1.25 bits per heavy atom. The van der Waals surface area contributed by atoms with Gasteiger partial charge in [0.1, 0.15) is 11.6 Å². The van der Waals surface area contributed by atoms with Gasteiger partial charge >= 0.3 is 0 Å². The second-order valence-corrected chi connectivity index (χ2v) is 4.45. The molecule has 2 rings (SSSR count). The summed E-state index contributed by atoms with van der Waals surface area (Å²) >= 11 is 0. The number of hydrogen-bond acceptors (Lipinski definition) is 3. The zero-order valence-corrected chi connectivity index (χ0v) is 11.4. The van der Waals surface area contributed by atoms with Crippen molar-refractivity contribution in [3.8, 4) is 5.75 Å². The highest BCUT2D eigenvalue weighted by Crippen LogP contribution is 2.20. The van der Waals surface area contributed by atoms with Gasteiger partial charge in [-0.3, -0.25) is 4.79 Å².